The second-order valence-electron chi connectivity index (χ2n) is 7.28. The number of aliphatic hydroxyl groups excluding tert-OH is 1. The molecule has 0 aliphatic heterocycles. The average molecular weight is 287 g/mol. The minimum absolute atomic E-state index is 0.0162. The van der Waals surface area contributed by atoms with Crippen LogP contribution < -0.4 is 5.32 Å². The molecule has 0 aliphatic rings. The third-order valence-electron chi connectivity index (χ3n) is 3.67. The molecule has 118 valence electrons. The molecule has 0 aromatic carbocycles. The maximum Gasteiger partial charge on any atom is 0.310 e. The first kappa shape index (κ1) is 18.9. The Morgan fingerprint density at radius 3 is 2.00 bits per heavy atom. The minimum Gasteiger partial charge on any atom is -0.481 e. The molecule has 0 saturated carbocycles. The summed E-state index contributed by atoms with van der Waals surface area (Å²) >= 11 is 0. The van der Waals surface area contributed by atoms with Crippen LogP contribution in [0.1, 0.15) is 54.4 Å². The van der Waals surface area contributed by atoms with Crippen LogP contribution in [0.25, 0.3) is 0 Å². The summed E-state index contributed by atoms with van der Waals surface area (Å²) in [6.07, 6.45) is -0.121. The molecular weight excluding hydrogens is 258 g/mol. The van der Waals surface area contributed by atoms with Crippen LogP contribution >= 0.6 is 0 Å². The van der Waals surface area contributed by atoms with Crippen LogP contribution in [0.3, 0.4) is 0 Å². The van der Waals surface area contributed by atoms with Gasteiger partial charge in [0.05, 0.1) is 11.5 Å². The van der Waals surface area contributed by atoms with Gasteiger partial charge in [0.2, 0.25) is 5.91 Å². The zero-order valence-electron chi connectivity index (χ0n) is 13.5. The number of amides is 1. The van der Waals surface area contributed by atoms with Crippen molar-refractivity contribution in [1.82, 2.24) is 5.32 Å². The molecule has 1 amide bonds. The van der Waals surface area contributed by atoms with E-state index >= 15 is 0 Å². The molecule has 0 spiro atoms. The molecule has 0 heterocycles. The van der Waals surface area contributed by atoms with Crippen molar-refractivity contribution in [2.75, 3.05) is 6.54 Å². The third-order valence-corrected chi connectivity index (χ3v) is 3.67. The molecule has 20 heavy (non-hydrogen) atoms. The molecule has 0 aromatic rings. The van der Waals surface area contributed by atoms with E-state index in [2.05, 4.69) is 5.32 Å². The standard InChI is InChI=1S/C15H29NO4/c1-10(2)15(6,13(19)20)8-12(18)16-9-11(17)7-14(3,4)5/h10-11,17H,7-9H2,1-6H3,(H,16,18)(H,19,20). The number of aliphatic carboxylic acids is 1. The first-order chi connectivity index (χ1) is 8.88. The fourth-order valence-corrected chi connectivity index (χ4v) is 1.93. The Morgan fingerprint density at radius 1 is 1.15 bits per heavy atom. The van der Waals surface area contributed by atoms with Gasteiger partial charge in [-0.25, -0.2) is 0 Å². The topological polar surface area (TPSA) is 86.6 Å². The van der Waals surface area contributed by atoms with Gasteiger partial charge in [-0.2, -0.15) is 0 Å². The van der Waals surface area contributed by atoms with E-state index in [0.29, 0.717) is 6.42 Å². The van der Waals surface area contributed by atoms with Crippen molar-refractivity contribution >= 4 is 11.9 Å². The summed E-state index contributed by atoms with van der Waals surface area (Å²) in [4.78, 5) is 23.1. The van der Waals surface area contributed by atoms with Crippen LogP contribution in [0.15, 0.2) is 0 Å². The molecule has 3 N–H and O–H groups in total. The molecule has 0 rings (SSSR count). The summed E-state index contributed by atoms with van der Waals surface area (Å²) in [7, 11) is 0. The summed E-state index contributed by atoms with van der Waals surface area (Å²) in [6, 6.07) is 0. The van der Waals surface area contributed by atoms with Gasteiger partial charge in [0.15, 0.2) is 0 Å². The average Bonchev–Trinajstić information content (AvgIpc) is 2.23. The number of nitrogens with one attached hydrogen (secondary N) is 1. The maximum absolute atomic E-state index is 11.9. The lowest BCUT2D eigenvalue weighted by Crippen LogP contribution is -2.41. The van der Waals surface area contributed by atoms with Gasteiger partial charge in [-0.3, -0.25) is 9.59 Å². The van der Waals surface area contributed by atoms with Crippen LogP contribution in [0.5, 0.6) is 0 Å². The van der Waals surface area contributed by atoms with Crippen LogP contribution in [-0.4, -0.2) is 34.7 Å². The molecule has 0 bridgehead atoms. The third kappa shape index (κ3) is 6.37. The largest absolute Gasteiger partial charge is 0.481 e. The highest BCUT2D eigenvalue weighted by Gasteiger charge is 2.38. The van der Waals surface area contributed by atoms with Crippen LogP contribution in [0.4, 0.5) is 0 Å². The fourth-order valence-electron chi connectivity index (χ4n) is 1.93. The lowest BCUT2D eigenvalue weighted by atomic mass is 9.76. The van der Waals surface area contributed by atoms with E-state index in [1.807, 2.05) is 20.8 Å². The predicted octanol–water partition coefficient (Wildman–Crippen LogP) is 2.04. The zero-order chi connectivity index (χ0) is 16.1. The Morgan fingerprint density at radius 2 is 1.65 bits per heavy atom. The summed E-state index contributed by atoms with van der Waals surface area (Å²) in [5, 5.41) is 21.7. The van der Waals surface area contributed by atoms with Crippen molar-refractivity contribution in [2.24, 2.45) is 16.7 Å². The molecule has 0 aromatic heterocycles. The van der Waals surface area contributed by atoms with Gasteiger partial charge in [0.25, 0.3) is 0 Å². The number of hydrogen-bond donors (Lipinski definition) is 3. The molecule has 5 nitrogen and oxygen atoms in total. The van der Waals surface area contributed by atoms with Gasteiger partial charge in [0, 0.05) is 13.0 Å². The first-order valence-electron chi connectivity index (χ1n) is 7.06. The quantitative estimate of drug-likeness (QED) is 0.668. The van der Waals surface area contributed by atoms with Crippen molar-refractivity contribution in [1.29, 1.82) is 0 Å². The highest BCUT2D eigenvalue weighted by molar-refractivity contribution is 5.84. The van der Waals surface area contributed by atoms with Gasteiger partial charge in [-0.1, -0.05) is 34.6 Å². The number of aliphatic hydroxyl groups is 1. The van der Waals surface area contributed by atoms with Crippen LogP contribution in [-0.2, 0) is 9.59 Å². The second-order valence-corrected chi connectivity index (χ2v) is 7.28. The van der Waals surface area contributed by atoms with Crippen molar-refractivity contribution in [3.63, 3.8) is 0 Å². The lowest BCUT2D eigenvalue weighted by Gasteiger charge is -2.28. The van der Waals surface area contributed by atoms with Crippen molar-refractivity contribution in [3.05, 3.63) is 0 Å². The summed E-state index contributed by atoms with van der Waals surface area (Å²) in [5.41, 5.74) is -1.10. The molecule has 5 heteroatoms. The Balaban J connectivity index is 4.40. The Labute approximate surface area is 121 Å². The normalized spacial score (nSPS) is 16.6. The number of rotatable bonds is 7. The van der Waals surface area contributed by atoms with Gasteiger partial charge >= 0.3 is 5.97 Å². The number of carboxylic acid groups (broad SMARTS) is 1. The van der Waals surface area contributed by atoms with Crippen LogP contribution in [0, 0.1) is 16.7 Å². The highest BCUT2D eigenvalue weighted by atomic mass is 16.4. The van der Waals surface area contributed by atoms with E-state index in [4.69, 9.17) is 0 Å². The van der Waals surface area contributed by atoms with Gasteiger partial charge in [0.1, 0.15) is 0 Å². The number of carbonyl (C=O) groups is 2. The number of carboxylic acids is 1. The fraction of sp³-hybridized carbons (Fsp3) is 0.867. The lowest BCUT2D eigenvalue weighted by molar-refractivity contribution is -0.153. The summed E-state index contributed by atoms with van der Waals surface area (Å²) < 4.78 is 0. The summed E-state index contributed by atoms with van der Waals surface area (Å²) in [5.74, 6) is -1.46. The minimum atomic E-state index is -1.08. The maximum atomic E-state index is 11.9. The molecule has 0 saturated heterocycles. The Kier molecular flexibility index (Phi) is 6.68. The van der Waals surface area contributed by atoms with E-state index in [1.54, 1.807) is 20.8 Å². The highest BCUT2D eigenvalue weighted by Crippen LogP contribution is 2.31. The van der Waals surface area contributed by atoms with E-state index in [9.17, 15) is 19.8 Å². The van der Waals surface area contributed by atoms with E-state index in [0.717, 1.165) is 0 Å². The van der Waals surface area contributed by atoms with E-state index < -0.39 is 17.5 Å². The van der Waals surface area contributed by atoms with Crippen molar-refractivity contribution < 1.29 is 19.8 Å². The smallest absolute Gasteiger partial charge is 0.310 e. The second kappa shape index (κ2) is 7.07. The first-order valence-corrected chi connectivity index (χ1v) is 7.06. The SMILES string of the molecule is CC(C)C(C)(CC(=O)NCC(O)CC(C)(C)C)C(=O)O. The monoisotopic (exact) mass is 287 g/mol. The number of carbonyl (C=O) groups excluding carboxylic acids is 1. The van der Waals surface area contributed by atoms with E-state index in [-0.39, 0.29) is 30.2 Å². The molecular formula is C15H29NO4. The summed E-state index contributed by atoms with van der Waals surface area (Å²) in [6.45, 7) is 11.3. The zero-order valence-corrected chi connectivity index (χ0v) is 13.5. The Hall–Kier alpha value is -1.10. The number of hydrogen-bond acceptors (Lipinski definition) is 3. The molecule has 0 fully saturated rings. The molecule has 2 unspecified atom stereocenters. The van der Waals surface area contributed by atoms with Crippen molar-refractivity contribution in [2.45, 2.75) is 60.5 Å². The molecule has 2 atom stereocenters. The van der Waals surface area contributed by atoms with Gasteiger partial charge < -0.3 is 15.5 Å². The molecule has 0 radical (unpaired) electrons. The van der Waals surface area contributed by atoms with Crippen molar-refractivity contribution in [3.8, 4) is 0 Å². The van der Waals surface area contributed by atoms with Gasteiger partial charge in [-0.05, 0) is 24.7 Å². The predicted molar refractivity (Wildman–Crippen MR) is 78.3 cm³/mol. The Bertz CT molecular complexity index is 346. The molecule has 0 aliphatic carbocycles. The van der Waals surface area contributed by atoms with E-state index in [1.165, 1.54) is 0 Å². The van der Waals surface area contributed by atoms with Crippen LogP contribution in [0.2, 0.25) is 0 Å². The van der Waals surface area contributed by atoms with Gasteiger partial charge in [-0.15, -0.1) is 0 Å².